The van der Waals surface area contributed by atoms with Gasteiger partial charge >= 0.3 is 0 Å². The van der Waals surface area contributed by atoms with Crippen molar-refractivity contribution in [1.82, 2.24) is 10.2 Å². The Hall–Kier alpha value is -3.24. The molecule has 0 saturated carbocycles. The van der Waals surface area contributed by atoms with Crippen LogP contribution in [-0.2, 0) is 32.6 Å². The summed E-state index contributed by atoms with van der Waals surface area (Å²) in [5, 5.41) is 2.94. The second kappa shape index (κ2) is 13.0. The third-order valence-electron chi connectivity index (χ3n) is 6.18. The highest BCUT2D eigenvalue weighted by Gasteiger charge is 2.34. The van der Waals surface area contributed by atoms with Gasteiger partial charge in [0.05, 0.1) is 11.9 Å². The topological polar surface area (TPSA) is 86.8 Å². The zero-order valence-electron chi connectivity index (χ0n) is 23.3. The van der Waals surface area contributed by atoms with Crippen LogP contribution in [0.15, 0.2) is 77.3 Å². The molecule has 3 rings (SSSR count). The number of carbonyl (C=O) groups is 2. The van der Waals surface area contributed by atoms with Gasteiger partial charge in [0.15, 0.2) is 0 Å². The smallest absolute Gasteiger partial charge is 0.244 e. The van der Waals surface area contributed by atoms with Gasteiger partial charge in [-0.05, 0) is 63.1 Å². The number of amides is 2. The Labute approximate surface area is 244 Å². The Morgan fingerprint density at radius 1 is 1.00 bits per heavy atom. The number of halogens is 2. The maximum absolute atomic E-state index is 14.8. The number of sulfonamides is 1. The molecule has 10 heteroatoms. The lowest BCUT2D eigenvalue weighted by Gasteiger charge is -2.35. The molecular formula is C30H35BrFN3O4S. The molecule has 2 amide bonds. The monoisotopic (exact) mass is 631 g/mol. The van der Waals surface area contributed by atoms with Gasteiger partial charge in [-0.15, -0.1) is 0 Å². The molecule has 1 atom stereocenters. The third kappa shape index (κ3) is 8.63. The molecule has 0 bridgehead atoms. The number of rotatable bonds is 10. The van der Waals surface area contributed by atoms with E-state index in [-0.39, 0.29) is 18.5 Å². The van der Waals surface area contributed by atoms with Crippen LogP contribution in [0.25, 0.3) is 0 Å². The number of anilines is 1. The lowest BCUT2D eigenvalue weighted by molar-refractivity contribution is -0.140. The fraction of sp³-hybridized carbons (Fsp3) is 0.333. The predicted octanol–water partition coefficient (Wildman–Crippen LogP) is 5.22. The number of nitrogens with one attached hydrogen (secondary N) is 1. The van der Waals surface area contributed by atoms with E-state index in [0.717, 1.165) is 26.2 Å². The molecule has 0 radical (unpaired) electrons. The van der Waals surface area contributed by atoms with Crippen LogP contribution in [0.4, 0.5) is 10.1 Å². The van der Waals surface area contributed by atoms with Crippen LogP contribution in [0.2, 0.25) is 0 Å². The van der Waals surface area contributed by atoms with Crippen LogP contribution < -0.4 is 9.62 Å². The van der Waals surface area contributed by atoms with Crippen LogP contribution in [-0.4, -0.2) is 49.5 Å². The quantitative estimate of drug-likeness (QED) is 0.332. The largest absolute Gasteiger partial charge is 0.350 e. The summed E-state index contributed by atoms with van der Waals surface area (Å²) in [4.78, 5) is 29.0. The fourth-order valence-electron chi connectivity index (χ4n) is 4.21. The van der Waals surface area contributed by atoms with Crippen molar-refractivity contribution in [1.29, 1.82) is 0 Å². The first-order valence-corrected chi connectivity index (χ1v) is 15.4. The van der Waals surface area contributed by atoms with Gasteiger partial charge in [0.1, 0.15) is 18.4 Å². The molecule has 7 nitrogen and oxygen atoms in total. The maximum atomic E-state index is 14.8. The van der Waals surface area contributed by atoms with Crippen molar-refractivity contribution in [2.75, 3.05) is 17.1 Å². The number of benzene rings is 3. The summed E-state index contributed by atoms with van der Waals surface area (Å²) >= 11 is 3.41. The van der Waals surface area contributed by atoms with E-state index in [9.17, 15) is 22.4 Å². The molecule has 0 saturated heterocycles. The fourth-order valence-corrected chi connectivity index (χ4v) is 5.30. The van der Waals surface area contributed by atoms with Crippen LogP contribution in [0.3, 0.4) is 0 Å². The summed E-state index contributed by atoms with van der Waals surface area (Å²) in [7, 11) is -3.89. The Bertz CT molecular complexity index is 1460. The molecular weight excluding hydrogens is 597 g/mol. The lowest BCUT2D eigenvalue weighted by atomic mass is 10.0. The van der Waals surface area contributed by atoms with Crippen molar-refractivity contribution >= 4 is 43.5 Å². The minimum absolute atomic E-state index is 0.152. The summed E-state index contributed by atoms with van der Waals surface area (Å²) in [5.41, 5.74) is 1.50. The van der Waals surface area contributed by atoms with Crippen molar-refractivity contribution < 1.29 is 22.4 Å². The van der Waals surface area contributed by atoms with E-state index in [4.69, 9.17) is 0 Å². The molecule has 1 N–H and O–H groups in total. The first-order chi connectivity index (χ1) is 18.7. The molecule has 3 aromatic rings. The third-order valence-corrected chi connectivity index (χ3v) is 8.21. The average Bonchev–Trinajstić information content (AvgIpc) is 2.86. The number of aryl methyl sites for hydroxylation is 1. The minimum Gasteiger partial charge on any atom is -0.350 e. The normalized spacial score (nSPS) is 12.5. The van der Waals surface area contributed by atoms with Gasteiger partial charge in [0.2, 0.25) is 21.8 Å². The zero-order chi connectivity index (χ0) is 29.7. The molecule has 3 aromatic carbocycles. The van der Waals surface area contributed by atoms with Crippen molar-refractivity contribution in [3.05, 3.63) is 99.8 Å². The second-order valence-electron chi connectivity index (χ2n) is 10.8. The number of hydrogen-bond acceptors (Lipinski definition) is 4. The van der Waals surface area contributed by atoms with Gasteiger partial charge in [-0.2, -0.15) is 0 Å². The molecule has 0 aromatic heterocycles. The maximum Gasteiger partial charge on any atom is 0.244 e. The molecule has 40 heavy (non-hydrogen) atoms. The van der Waals surface area contributed by atoms with Crippen LogP contribution in [0.1, 0.15) is 37.5 Å². The highest BCUT2D eigenvalue weighted by atomic mass is 79.9. The van der Waals surface area contributed by atoms with Gasteiger partial charge in [-0.3, -0.25) is 13.9 Å². The molecule has 0 heterocycles. The Kier molecular flexibility index (Phi) is 10.1. The highest BCUT2D eigenvalue weighted by molar-refractivity contribution is 9.10. The minimum atomic E-state index is -3.89. The zero-order valence-corrected chi connectivity index (χ0v) is 25.7. The molecule has 0 spiro atoms. The number of nitrogens with zero attached hydrogens (tertiary/aromatic N) is 2. The number of hydrogen-bond donors (Lipinski definition) is 1. The summed E-state index contributed by atoms with van der Waals surface area (Å²) in [6.07, 6.45) is 1.17. The molecule has 214 valence electrons. The first kappa shape index (κ1) is 31.3. The second-order valence-corrected chi connectivity index (χ2v) is 13.5. The Balaban J connectivity index is 2.10. The summed E-state index contributed by atoms with van der Waals surface area (Å²) in [5.74, 6) is -1.59. The van der Waals surface area contributed by atoms with E-state index in [1.807, 2.05) is 58.0 Å². The summed E-state index contributed by atoms with van der Waals surface area (Å²) in [6, 6.07) is 19.1. The molecule has 0 aliphatic carbocycles. The van der Waals surface area contributed by atoms with E-state index in [2.05, 4.69) is 21.2 Å². The average molecular weight is 633 g/mol. The lowest BCUT2D eigenvalue weighted by Crippen LogP contribution is -2.56. The van der Waals surface area contributed by atoms with Crippen molar-refractivity contribution in [3.63, 3.8) is 0 Å². The van der Waals surface area contributed by atoms with Gasteiger partial charge in [-0.1, -0.05) is 64.5 Å². The van der Waals surface area contributed by atoms with Crippen LogP contribution >= 0.6 is 15.9 Å². The predicted molar refractivity (Wildman–Crippen MR) is 160 cm³/mol. The first-order valence-electron chi connectivity index (χ1n) is 12.8. The molecule has 0 aliphatic rings. The van der Waals surface area contributed by atoms with Gasteiger partial charge in [0.25, 0.3) is 0 Å². The summed E-state index contributed by atoms with van der Waals surface area (Å²) < 4.78 is 42.4. The van der Waals surface area contributed by atoms with E-state index >= 15 is 0 Å². The van der Waals surface area contributed by atoms with Crippen LogP contribution in [0, 0.1) is 12.7 Å². The molecule has 0 fully saturated rings. The van der Waals surface area contributed by atoms with Gasteiger partial charge in [-0.25, -0.2) is 12.8 Å². The molecule has 0 aliphatic heterocycles. The van der Waals surface area contributed by atoms with Gasteiger partial charge < -0.3 is 10.2 Å². The van der Waals surface area contributed by atoms with Crippen molar-refractivity contribution in [2.45, 2.75) is 52.2 Å². The van der Waals surface area contributed by atoms with Crippen molar-refractivity contribution in [3.8, 4) is 0 Å². The molecule has 0 unspecified atom stereocenters. The summed E-state index contributed by atoms with van der Waals surface area (Å²) in [6.45, 7) is 6.51. The Morgan fingerprint density at radius 2 is 1.62 bits per heavy atom. The number of carbonyl (C=O) groups excluding carboxylic acids is 2. The van der Waals surface area contributed by atoms with Crippen LogP contribution in [0.5, 0.6) is 0 Å². The van der Waals surface area contributed by atoms with E-state index in [0.29, 0.717) is 5.69 Å². The standard InChI is InChI=1S/C30H35BrFN3O4S/c1-21-17-24(15-16-25(21)31)35(40(5,38)39)20-28(36)34(19-23-13-9-10-14-26(23)32)27(29(37)33-30(2,3)4)18-22-11-7-6-8-12-22/h6-17,27H,18-20H2,1-5H3,(H,33,37)/t27-/m0/s1. The van der Waals surface area contributed by atoms with E-state index < -0.39 is 45.8 Å². The highest BCUT2D eigenvalue weighted by Crippen LogP contribution is 2.26. The van der Waals surface area contributed by atoms with E-state index in [1.165, 1.54) is 11.0 Å². The SMILES string of the molecule is Cc1cc(N(CC(=O)N(Cc2ccccc2F)[C@@H](Cc2ccccc2)C(=O)NC(C)(C)C)S(C)(=O)=O)ccc1Br. The van der Waals surface area contributed by atoms with E-state index in [1.54, 1.807) is 36.4 Å². The Morgan fingerprint density at radius 3 is 2.20 bits per heavy atom. The van der Waals surface area contributed by atoms with Crippen molar-refractivity contribution in [2.24, 2.45) is 0 Å². The van der Waals surface area contributed by atoms with Gasteiger partial charge in [0, 0.05) is 28.5 Å².